The molecule has 2 unspecified atom stereocenters. The predicted molar refractivity (Wildman–Crippen MR) is 118 cm³/mol. The number of amides is 1. The van der Waals surface area contributed by atoms with Crippen LogP contribution >= 0.6 is 11.3 Å². The fraction of sp³-hybridized carbons (Fsp3) is 0.391. The van der Waals surface area contributed by atoms with E-state index in [4.69, 9.17) is 9.47 Å². The van der Waals surface area contributed by atoms with Gasteiger partial charge in [0.05, 0.1) is 10.2 Å². The van der Waals surface area contributed by atoms with Crippen LogP contribution in [0.3, 0.4) is 0 Å². The molecule has 3 aromatic rings. The maximum Gasteiger partial charge on any atom is 0.279 e. The standard InChI is InChI=1S/C23H25N3O3S/c1-15-3-8-21-22(11-15)30-23(24-21)29-20-6-4-19(5-7-20)28-10-9-25-13-18-12-17(25)14-26(18)16(2)27/h3-8,11,17-18H,9-10,12-14H2,1-2H3. The van der Waals surface area contributed by atoms with E-state index >= 15 is 0 Å². The van der Waals surface area contributed by atoms with Crippen LogP contribution in [0.5, 0.6) is 16.7 Å². The Kier molecular flexibility index (Phi) is 5.08. The Hall–Kier alpha value is -2.64. The van der Waals surface area contributed by atoms with Crippen LogP contribution < -0.4 is 9.47 Å². The largest absolute Gasteiger partial charge is 0.492 e. The van der Waals surface area contributed by atoms with Gasteiger partial charge in [-0.15, -0.1) is 0 Å². The fourth-order valence-electron chi connectivity index (χ4n) is 4.45. The number of thiazole rings is 1. The molecule has 3 heterocycles. The van der Waals surface area contributed by atoms with Crippen LogP contribution in [-0.4, -0.2) is 59.0 Å². The van der Waals surface area contributed by atoms with Crippen LogP contribution in [0.1, 0.15) is 18.9 Å². The summed E-state index contributed by atoms with van der Waals surface area (Å²) in [6, 6.07) is 14.8. The Balaban J connectivity index is 1.12. The Morgan fingerprint density at radius 3 is 2.67 bits per heavy atom. The SMILES string of the molecule is CC(=O)N1CC2CC1CN2CCOc1ccc(Oc2nc3ccc(C)cc3s2)cc1. The summed E-state index contributed by atoms with van der Waals surface area (Å²) in [6.45, 7) is 7.09. The Morgan fingerprint density at radius 1 is 1.13 bits per heavy atom. The smallest absolute Gasteiger partial charge is 0.279 e. The number of likely N-dealkylation sites (tertiary alicyclic amines) is 2. The first-order valence-electron chi connectivity index (χ1n) is 10.3. The van der Waals surface area contributed by atoms with Crippen LogP contribution in [0.4, 0.5) is 0 Å². The van der Waals surface area contributed by atoms with Crippen molar-refractivity contribution >= 4 is 27.5 Å². The summed E-state index contributed by atoms with van der Waals surface area (Å²) in [5.74, 6) is 1.78. The number of fused-ring (bicyclic) bond motifs is 3. The van der Waals surface area contributed by atoms with Gasteiger partial charge in [-0.2, -0.15) is 0 Å². The Labute approximate surface area is 180 Å². The zero-order valence-electron chi connectivity index (χ0n) is 17.2. The zero-order valence-corrected chi connectivity index (χ0v) is 18.0. The van der Waals surface area contributed by atoms with E-state index in [1.54, 1.807) is 18.3 Å². The summed E-state index contributed by atoms with van der Waals surface area (Å²) in [6.07, 6.45) is 1.09. The van der Waals surface area contributed by atoms with Gasteiger partial charge in [0.1, 0.15) is 18.1 Å². The van der Waals surface area contributed by atoms with Crippen molar-refractivity contribution in [1.29, 1.82) is 0 Å². The monoisotopic (exact) mass is 423 g/mol. The van der Waals surface area contributed by atoms with Crippen LogP contribution in [0, 0.1) is 6.92 Å². The highest BCUT2D eigenvalue weighted by Gasteiger charge is 2.43. The van der Waals surface area contributed by atoms with Crippen molar-refractivity contribution in [1.82, 2.24) is 14.8 Å². The first kappa shape index (κ1) is 19.3. The fourth-order valence-corrected chi connectivity index (χ4v) is 5.38. The number of carbonyl (C=O) groups excluding carboxylic acids is 1. The van der Waals surface area contributed by atoms with Crippen molar-refractivity contribution in [3.05, 3.63) is 48.0 Å². The molecule has 2 atom stereocenters. The highest BCUT2D eigenvalue weighted by Crippen LogP contribution is 2.33. The van der Waals surface area contributed by atoms with Gasteiger partial charge in [-0.3, -0.25) is 9.69 Å². The lowest BCUT2D eigenvalue weighted by molar-refractivity contribution is -0.131. The molecule has 0 spiro atoms. The minimum atomic E-state index is 0.196. The van der Waals surface area contributed by atoms with E-state index in [0.29, 0.717) is 23.9 Å². The van der Waals surface area contributed by atoms with Gasteiger partial charge in [-0.1, -0.05) is 17.4 Å². The number of rotatable bonds is 6. The van der Waals surface area contributed by atoms with Crippen molar-refractivity contribution in [2.45, 2.75) is 32.4 Å². The molecule has 0 saturated carbocycles. The number of carbonyl (C=O) groups is 1. The molecule has 1 amide bonds. The van der Waals surface area contributed by atoms with E-state index in [9.17, 15) is 4.79 Å². The zero-order chi connectivity index (χ0) is 20.7. The second-order valence-corrected chi connectivity index (χ2v) is 9.08. The van der Waals surface area contributed by atoms with Gasteiger partial charge in [-0.05, 0) is 55.3 Å². The molecule has 0 radical (unpaired) electrons. The summed E-state index contributed by atoms with van der Waals surface area (Å²) < 4.78 is 13.0. The van der Waals surface area contributed by atoms with Crippen LogP contribution in [0.25, 0.3) is 10.2 Å². The number of hydrogen-bond donors (Lipinski definition) is 0. The lowest BCUT2D eigenvalue weighted by Crippen LogP contribution is -2.48. The molecule has 156 valence electrons. The lowest BCUT2D eigenvalue weighted by Gasteiger charge is -2.33. The number of aromatic nitrogens is 1. The molecule has 30 heavy (non-hydrogen) atoms. The van der Waals surface area contributed by atoms with Gasteiger partial charge in [0.2, 0.25) is 5.91 Å². The van der Waals surface area contributed by atoms with Crippen molar-refractivity contribution in [2.75, 3.05) is 26.2 Å². The quantitative estimate of drug-likeness (QED) is 0.598. The molecule has 2 bridgehead atoms. The molecular formula is C23H25N3O3S. The second kappa shape index (κ2) is 7.89. The number of nitrogens with zero attached hydrogens (tertiary/aromatic N) is 3. The molecule has 0 aliphatic carbocycles. The van der Waals surface area contributed by atoms with Crippen LogP contribution in [0.2, 0.25) is 0 Å². The van der Waals surface area contributed by atoms with Crippen LogP contribution in [-0.2, 0) is 4.79 Å². The van der Waals surface area contributed by atoms with E-state index < -0.39 is 0 Å². The lowest BCUT2D eigenvalue weighted by atomic mass is 10.2. The maximum atomic E-state index is 11.6. The van der Waals surface area contributed by atoms with E-state index in [1.165, 1.54) is 5.56 Å². The van der Waals surface area contributed by atoms with Crippen molar-refractivity contribution in [3.63, 3.8) is 0 Å². The first-order chi connectivity index (χ1) is 14.5. The maximum absolute atomic E-state index is 11.6. The Morgan fingerprint density at radius 2 is 1.93 bits per heavy atom. The summed E-state index contributed by atoms with van der Waals surface area (Å²) in [4.78, 5) is 20.6. The summed E-state index contributed by atoms with van der Waals surface area (Å²) in [5, 5.41) is 0.646. The normalized spacial score (nSPS) is 20.8. The van der Waals surface area contributed by atoms with Crippen molar-refractivity contribution < 1.29 is 14.3 Å². The minimum Gasteiger partial charge on any atom is -0.492 e. The van der Waals surface area contributed by atoms with Gasteiger partial charge in [0.25, 0.3) is 5.19 Å². The molecule has 6 nitrogen and oxygen atoms in total. The van der Waals surface area contributed by atoms with Gasteiger partial charge in [-0.25, -0.2) is 4.98 Å². The molecule has 5 rings (SSSR count). The first-order valence-corrected chi connectivity index (χ1v) is 11.2. The molecule has 0 N–H and O–H groups in total. The third-order valence-corrected chi connectivity index (χ3v) is 6.86. The number of benzene rings is 2. The minimum absolute atomic E-state index is 0.196. The summed E-state index contributed by atoms with van der Waals surface area (Å²) in [5.41, 5.74) is 2.18. The van der Waals surface area contributed by atoms with Gasteiger partial charge in [0.15, 0.2) is 0 Å². The van der Waals surface area contributed by atoms with Crippen molar-refractivity contribution in [2.24, 2.45) is 0 Å². The second-order valence-electron chi connectivity index (χ2n) is 8.08. The molecule has 2 saturated heterocycles. The molecule has 2 aliphatic rings. The Bertz CT molecular complexity index is 1070. The van der Waals surface area contributed by atoms with Gasteiger partial charge < -0.3 is 14.4 Å². The van der Waals surface area contributed by atoms with E-state index in [2.05, 4.69) is 28.9 Å². The number of hydrogen-bond acceptors (Lipinski definition) is 6. The number of piperazine rings is 1. The average molecular weight is 424 g/mol. The third-order valence-electron chi connectivity index (χ3n) is 5.96. The summed E-state index contributed by atoms with van der Waals surface area (Å²) >= 11 is 1.55. The predicted octanol–water partition coefficient (Wildman–Crippen LogP) is 4.08. The summed E-state index contributed by atoms with van der Waals surface area (Å²) in [7, 11) is 0. The van der Waals surface area contributed by atoms with E-state index in [1.807, 2.05) is 35.2 Å². The van der Waals surface area contributed by atoms with Gasteiger partial charge >= 0.3 is 0 Å². The van der Waals surface area contributed by atoms with E-state index in [0.717, 1.165) is 47.8 Å². The van der Waals surface area contributed by atoms with E-state index in [-0.39, 0.29) is 5.91 Å². The van der Waals surface area contributed by atoms with Crippen molar-refractivity contribution in [3.8, 4) is 16.7 Å². The molecule has 7 heteroatoms. The highest BCUT2D eigenvalue weighted by atomic mass is 32.1. The number of aryl methyl sites for hydroxylation is 1. The molecular weight excluding hydrogens is 398 g/mol. The topological polar surface area (TPSA) is 54.9 Å². The molecule has 1 aromatic heterocycles. The number of ether oxygens (including phenoxy) is 2. The molecule has 2 aromatic carbocycles. The van der Waals surface area contributed by atoms with Crippen LogP contribution in [0.15, 0.2) is 42.5 Å². The van der Waals surface area contributed by atoms with Gasteiger partial charge in [0, 0.05) is 38.6 Å². The highest BCUT2D eigenvalue weighted by molar-refractivity contribution is 7.20. The molecule has 2 aliphatic heterocycles. The molecule has 2 fully saturated rings. The third kappa shape index (κ3) is 3.87. The average Bonchev–Trinajstić information content (AvgIpc) is 3.42.